The van der Waals surface area contributed by atoms with Crippen molar-refractivity contribution in [2.75, 3.05) is 45.4 Å². The second kappa shape index (κ2) is 10.1. The van der Waals surface area contributed by atoms with Crippen LogP contribution in [0, 0.1) is 0 Å². The maximum absolute atomic E-state index is 12.6. The van der Waals surface area contributed by atoms with Crippen molar-refractivity contribution < 1.29 is 19.0 Å². The third-order valence-corrected chi connectivity index (χ3v) is 5.36. The van der Waals surface area contributed by atoms with Crippen LogP contribution in [0.3, 0.4) is 0 Å². The van der Waals surface area contributed by atoms with Gasteiger partial charge in [0.15, 0.2) is 5.82 Å². The summed E-state index contributed by atoms with van der Waals surface area (Å²) in [4.78, 5) is 14.7. The zero-order chi connectivity index (χ0) is 22.3. The molecule has 1 amide bonds. The van der Waals surface area contributed by atoms with Crippen LogP contribution < -0.4 is 19.7 Å². The Morgan fingerprint density at radius 3 is 2.44 bits per heavy atom. The highest BCUT2D eigenvalue weighted by atomic mass is 16.5. The molecule has 0 unspecified atom stereocenters. The molecule has 1 aliphatic rings. The molecule has 0 spiro atoms. The number of rotatable bonds is 7. The van der Waals surface area contributed by atoms with Crippen LogP contribution in [0.15, 0.2) is 54.6 Å². The average molecular weight is 434 g/mol. The summed E-state index contributed by atoms with van der Waals surface area (Å²) in [7, 11) is 3.19. The number of amides is 1. The summed E-state index contributed by atoms with van der Waals surface area (Å²) in [6.45, 7) is 3.40. The minimum Gasteiger partial charge on any atom is -0.497 e. The van der Waals surface area contributed by atoms with Crippen molar-refractivity contribution >= 4 is 11.7 Å². The molecule has 1 N–H and O–H groups in total. The van der Waals surface area contributed by atoms with Crippen molar-refractivity contribution in [1.29, 1.82) is 0 Å². The lowest BCUT2D eigenvalue weighted by Crippen LogP contribution is -2.36. The lowest BCUT2D eigenvalue weighted by atomic mass is 10.1. The molecule has 3 aromatic rings. The Labute approximate surface area is 187 Å². The fourth-order valence-corrected chi connectivity index (χ4v) is 3.51. The Balaban J connectivity index is 1.38. The summed E-state index contributed by atoms with van der Waals surface area (Å²) in [5.41, 5.74) is 3.10. The Hall–Kier alpha value is -3.65. The van der Waals surface area contributed by atoms with E-state index >= 15 is 0 Å². The van der Waals surface area contributed by atoms with Crippen molar-refractivity contribution in [3.05, 3.63) is 65.7 Å². The minimum absolute atomic E-state index is 0.164. The molecule has 1 aromatic heterocycles. The number of carbonyl (C=O) groups is 1. The summed E-state index contributed by atoms with van der Waals surface area (Å²) < 4.78 is 16.0. The van der Waals surface area contributed by atoms with Crippen molar-refractivity contribution in [3.63, 3.8) is 0 Å². The molecule has 2 heterocycles. The van der Waals surface area contributed by atoms with E-state index < -0.39 is 0 Å². The Kier molecular flexibility index (Phi) is 6.81. The van der Waals surface area contributed by atoms with Gasteiger partial charge >= 0.3 is 0 Å². The summed E-state index contributed by atoms with van der Waals surface area (Å²) in [5.74, 6) is 2.05. The van der Waals surface area contributed by atoms with Crippen LogP contribution >= 0.6 is 0 Å². The standard InChI is InChI=1S/C24H26N4O4/c1-30-20-8-7-19(22(15-20)31-2)16-25-24(29)18-5-3-17(4-6-18)21-9-10-23(27-26-21)28-11-13-32-14-12-28/h3-10,15H,11-14,16H2,1-2H3,(H,25,29). The van der Waals surface area contributed by atoms with Crippen molar-refractivity contribution in [2.24, 2.45) is 0 Å². The van der Waals surface area contributed by atoms with E-state index in [1.165, 1.54) is 0 Å². The number of carbonyl (C=O) groups excluding carboxylic acids is 1. The van der Waals surface area contributed by atoms with E-state index in [2.05, 4.69) is 20.4 Å². The summed E-state index contributed by atoms with van der Waals surface area (Å²) >= 11 is 0. The molecule has 0 bridgehead atoms. The molecule has 0 aliphatic carbocycles. The third kappa shape index (κ3) is 4.97. The van der Waals surface area contributed by atoms with Crippen LogP contribution in [-0.4, -0.2) is 56.6 Å². The minimum atomic E-state index is -0.164. The van der Waals surface area contributed by atoms with Crippen LogP contribution in [0.25, 0.3) is 11.3 Å². The molecule has 8 heteroatoms. The van der Waals surface area contributed by atoms with Gasteiger partial charge in [0.1, 0.15) is 11.5 Å². The zero-order valence-corrected chi connectivity index (χ0v) is 18.2. The van der Waals surface area contributed by atoms with Gasteiger partial charge in [0.25, 0.3) is 5.91 Å². The lowest BCUT2D eigenvalue weighted by molar-refractivity contribution is 0.0950. The molecule has 4 rings (SSSR count). The van der Waals surface area contributed by atoms with Gasteiger partial charge in [0.2, 0.25) is 0 Å². The van der Waals surface area contributed by atoms with E-state index in [4.69, 9.17) is 14.2 Å². The first-order valence-corrected chi connectivity index (χ1v) is 10.4. The van der Waals surface area contributed by atoms with Crippen molar-refractivity contribution in [3.8, 4) is 22.8 Å². The van der Waals surface area contributed by atoms with Gasteiger partial charge < -0.3 is 24.4 Å². The van der Waals surface area contributed by atoms with E-state index in [0.717, 1.165) is 35.7 Å². The molecule has 1 saturated heterocycles. The number of ether oxygens (including phenoxy) is 3. The lowest BCUT2D eigenvalue weighted by Gasteiger charge is -2.27. The van der Waals surface area contributed by atoms with Crippen LogP contribution in [0.5, 0.6) is 11.5 Å². The van der Waals surface area contributed by atoms with Crippen LogP contribution in [0.2, 0.25) is 0 Å². The maximum atomic E-state index is 12.6. The van der Waals surface area contributed by atoms with Gasteiger partial charge in [-0.05, 0) is 36.4 Å². The SMILES string of the molecule is COc1ccc(CNC(=O)c2ccc(-c3ccc(N4CCOCC4)nn3)cc2)c(OC)c1. The number of hydrogen-bond acceptors (Lipinski definition) is 7. The van der Waals surface area contributed by atoms with Gasteiger partial charge in [-0.1, -0.05) is 12.1 Å². The molecule has 0 radical (unpaired) electrons. The second-order valence-corrected chi connectivity index (χ2v) is 7.31. The number of methoxy groups -OCH3 is 2. The number of hydrogen-bond donors (Lipinski definition) is 1. The molecule has 1 aliphatic heterocycles. The number of anilines is 1. The van der Waals surface area contributed by atoms with Gasteiger partial charge in [-0.25, -0.2) is 0 Å². The number of benzene rings is 2. The molecular formula is C24H26N4O4. The normalized spacial score (nSPS) is 13.5. The number of nitrogens with zero attached hydrogens (tertiary/aromatic N) is 3. The molecular weight excluding hydrogens is 408 g/mol. The number of nitrogens with one attached hydrogen (secondary N) is 1. The maximum Gasteiger partial charge on any atom is 0.251 e. The molecule has 2 aromatic carbocycles. The van der Waals surface area contributed by atoms with Crippen molar-refractivity contribution in [2.45, 2.75) is 6.54 Å². The molecule has 0 saturated carbocycles. The van der Waals surface area contributed by atoms with Gasteiger partial charge in [-0.15, -0.1) is 10.2 Å². The highest BCUT2D eigenvalue weighted by Crippen LogP contribution is 2.24. The Bertz CT molecular complexity index is 1050. The summed E-state index contributed by atoms with van der Waals surface area (Å²) in [6, 6.07) is 16.7. The third-order valence-electron chi connectivity index (χ3n) is 5.36. The van der Waals surface area contributed by atoms with Gasteiger partial charge in [-0.2, -0.15) is 0 Å². The summed E-state index contributed by atoms with van der Waals surface area (Å²) in [6.07, 6.45) is 0. The Morgan fingerprint density at radius 2 is 1.78 bits per heavy atom. The van der Waals surface area contributed by atoms with Crippen LogP contribution in [-0.2, 0) is 11.3 Å². The monoisotopic (exact) mass is 434 g/mol. The Morgan fingerprint density at radius 1 is 1.00 bits per heavy atom. The molecule has 0 atom stereocenters. The fraction of sp³-hybridized carbons (Fsp3) is 0.292. The first-order valence-electron chi connectivity index (χ1n) is 10.4. The largest absolute Gasteiger partial charge is 0.497 e. The van der Waals surface area contributed by atoms with E-state index in [0.29, 0.717) is 36.8 Å². The van der Waals surface area contributed by atoms with Gasteiger partial charge in [0, 0.05) is 42.4 Å². The van der Waals surface area contributed by atoms with Crippen molar-refractivity contribution in [1.82, 2.24) is 15.5 Å². The first-order chi connectivity index (χ1) is 15.7. The predicted octanol–water partition coefficient (Wildman–Crippen LogP) is 2.93. The smallest absolute Gasteiger partial charge is 0.251 e. The highest BCUT2D eigenvalue weighted by molar-refractivity contribution is 5.94. The van der Waals surface area contributed by atoms with Gasteiger partial charge in [-0.3, -0.25) is 4.79 Å². The van der Waals surface area contributed by atoms with Gasteiger partial charge in [0.05, 0.1) is 33.1 Å². The molecule has 32 heavy (non-hydrogen) atoms. The topological polar surface area (TPSA) is 85.8 Å². The fourth-order valence-electron chi connectivity index (χ4n) is 3.51. The first kappa shape index (κ1) is 21.6. The number of morpholine rings is 1. The predicted molar refractivity (Wildman–Crippen MR) is 121 cm³/mol. The zero-order valence-electron chi connectivity index (χ0n) is 18.2. The average Bonchev–Trinajstić information content (AvgIpc) is 2.88. The van der Waals surface area contributed by atoms with E-state index in [9.17, 15) is 4.79 Å². The van der Waals surface area contributed by atoms with Crippen LogP contribution in [0.4, 0.5) is 5.82 Å². The van der Waals surface area contributed by atoms with E-state index in [-0.39, 0.29) is 5.91 Å². The van der Waals surface area contributed by atoms with Crippen LogP contribution in [0.1, 0.15) is 15.9 Å². The summed E-state index contributed by atoms with van der Waals surface area (Å²) in [5, 5.41) is 11.6. The number of aromatic nitrogens is 2. The highest BCUT2D eigenvalue weighted by Gasteiger charge is 2.13. The molecule has 166 valence electrons. The molecule has 8 nitrogen and oxygen atoms in total. The van der Waals surface area contributed by atoms with E-state index in [1.54, 1.807) is 32.4 Å². The van der Waals surface area contributed by atoms with E-state index in [1.807, 2.05) is 36.4 Å². The second-order valence-electron chi connectivity index (χ2n) is 7.31. The quantitative estimate of drug-likeness (QED) is 0.612. The molecule has 1 fully saturated rings.